The van der Waals surface area contributed by atoms with E-state index in [0.717, 1.165) is 26.6 Å². The van der Waals surface area contributed by atoms with Crippen LogP contribution in [0.5, 0.6) is 0 Å². The monoisotopic (exact) mass is 403 g/mol. The van der Waals surface area contributed by atoms with Crippen LogP contribution in [0.4, 0.5) is 5.69 Å². The van der Waals surface area contributed by atoms with E-state index in [0.29, 0.717) is 5.56 Å². The van der Waals surface area contributed by atoms with Crippen molar-refractivity contribution in [2.75, 3.05) is 11.9 Å². The van der Waals surface area contributed by atoms with E-state index in [9.17, 15) is 14.4 Å². The number of ketones is 1. The topological polar surface area (TPSA) is 72.5 Å². The maximum absolute atomic E-state index is 12.3. The van der Waals surface area contributed by atoms with Crippen LogP contribution >= 0.6 is 11.3 Å². The third kappa shape index (κ3) is 4.50. The normalized spacial score (nSPS) is 12.6. The number of fused-ring (bicyclic) bond motifs is 1. The molecule has 0 atom stereocenters. The minimum Gasteiger partial charge on any atom is -0.454 e. The van der Waals surface area contributed by atoms with E-state index in [1.807, 2.05) is 42.5 Å². The van der Waals surface area contributed by atoms with Gasteiger partial charge >= 0.3 is 5.97 Å². The number of hydrogen-bond donors (Lipinski definition) is 1. The number of Topliss-reactive ketones (excluding diaryl/α,β-unsaturated/α-hetero) is 1. The summed E-state index contributed by atoms with van der Waals surface area (Å²) in [6.45, 7) is -0.344. The minimum atomic E-state index is -0.578. The van der Waals surface area contributed by atoms with Crippen molar-refractivity contribution in [3.05, 3.63) is 82.7 Å². The minimum absolute atomic E-state index is 0.0924. The van der Waals surface area contributed by atoms with E-state index < -0.39 is 5.97 Å². The van der Waals surface area contributed by atoms with E-state index in [2.05, 4.69) is 5.32 Å². The first-order valence-electron chi connectivity index (χ1n) is 9.04. The molecule has 0 saturated heterocycles. The molecule has 144 valence electrons. The quantitative estimate of drug-likeness (QED) is 0.377. The number of amides is 1. The molecule has 5 nitrogen and oxygen atoms in total. The molecule has 4 rings (SSSR count). The first-order chi connectivity index (χ1) is 14.1. The molecule has 29 heavy (non-hydrogen) atoms. The lowest BCUT2D eigenvalue weighted by atomic mass is 10.1. The molecule has 2 heterocycles. The molecular formula is C23H17NO4S. The number of carbonyl (C=O) groups excluding carboxylic acids is 3. The second kappa shape index (κ2) is 8.24. The first kappa shape index (κ1) is 18.8. The Morgan fingerprint density at radius 1 is 1.07 bits per heavy atom. The Bertz CT molecular complexity index is 1110. The van der Waals surface area contributed by atoms with Crippen LogP contribution in [0.15, 0.2) is 66.7 Å². The van der Waals surface area contributed by atoms with Crippen molar-refractivity contribution >= 4 is 40.8 Å². The maximum Gasteiger partial charge on any atom is 0.331 e. The van der Waals surface area contributed by atoms with Crippen molar-refractivity contribution in [2.24, 2.45) is 0 Å². The Balaban J connectivity index is 1.32. The number of ether oxygens (including phenoxy) is 1. The predicted molar refractivity (Wildman–Crippen MR) is 113 cm³/mol. The molecule has 1 aromatic heterocycles. The van der Waals surface area contributed by atoms with Gasteiger partial charge in [0.25, 0.3) is 0 Å². The third-order valence-electron chi connectivity index (χ3n) is 4.47. The second-order valence-corrected chi connectivity index (χ2v) is 7.64. The molecule has 0 unspecified atom stereocenters. The third-order valence-corrected chi connectivity index (χ3v) is 5.57. The fourth-order valence-corrected chi connectivity index (χ4v) is 3.94. The van der Waals surface area contributed by atoms with Gasteiger partial charge in [-0.1, -0.05) is 30.3 Å². The maximum atomic E-state index is 12.3. The zero-order valence-electron chi connectivity index (χ0n) is 15.4. The van der Waals surface area contributed by atoms with Gasteiger partial charge in [0.05, 0.1) is 6.42 Å². The first-order valence-corrected chi connectivity index (χ1v) is 9.86. The Kier molecular flexibility index (Phi) is 5.35. The highest BCUT2D eigenvalue weighted by Crippen LogP contribution is 2.28. The summed E-state index contributed by atoms with van der Waals surface area (Å²) in [4.78, 5) is 37.6. The highest BCUT2D eigenvalue weighted by Gasteiger charge is 2.19. The van der Waals surface area contributed by atoms with E-state index >= 15 is 0 Å². The molecule has 0 spiro atoms. The Hall–Kier alpha value is -3.51. The number of rotatable bonds is 6. The van der Waals surface area contributed by atoms with Gasteiger partial charge in [-0.2, -0.15) is 0 Å². The van der Waals surface area contributed by atoms with Gasteiger partial charge in [-0.3, -0.25) is 9.59 Å². The number of hydrogen-bond acceptors (Lipinski definition) is 5. The molecule has 0 bridgehead atoms. The van der Waals surface area contributed by atoms with Crippen LogP contribution in [0.25, 0.3) is 16.5 Å². The van der Waals surface area contributed by atoms with Crippen molar-refractivity contribution in [3.63, 3.8) is 0 Å². The summed E-state index contributed by atoms with van der Waals surface area (Å²) in [7, 11) is 0. The molecule has 1 amide bonds. The lowest BCUT2D eigenvalue weighted by molar-refractivity contribution is -0.136. The van der Waals surface area contributed by atoms with E-state index in [1.165, 1.54) is 6.08 Å². The van der Waals surface area contributed by atoms with Crippen LogP contribution in [0.2, 0.25) is 0 Å². The zero-order chi connectivity index (χ0) is 20.2. The van der Waals surface area contributed by atoms with Gasteiger partial charge in [0.2, 0.25) is 5.91 Å². The van der Waals surface area contributed by atoms with Crippen LogP contribution in [0.1, 0.15) is 20.8 Å². The number of thiophene rings is 1. The number of carbonyl (C=O) groups is 3. The fraction of sp³-hybridized carbons (Fsp3) is 0.0870. The molecule has 0 saturated carbocycles. The summed E-state index contributed by atoms with van der Waals surface area (Å²) in [5.74, 6) is -0.979. The number of benzene rings is 2. The lowest BCUT2D eigenvalue weighted by Gasteiger charge is -2.04. The van der Waals surface area contributed by atoms with Crippen molar-refractivity contribution in [1.82, 2.24) is 0 Å². The molecule has 1 N–H and O–H groups in total. The summed E-state index contributed by atoms with van der Waals surface area (Å²) in [5, 5.41) is 2.71. The summed E-state index contributed by atoms with van der Waals surface area (Å²) in [6, 6.07) is 18.9. The molecule has 1 aliphatic heterocycles. The van der Waals surface area contributed by atoms with Gasteiger partial charge < -0.3 is 10.1 Å². The van der Waals surface area contributed by atoms with Crippen LogP contribution in [-0.4, -0.2) is 24.3 Å². The Morgan fingerprint density at radius 2 is 1.90 bits per heavy atom. The van der Waals surface area contributed by atoms with Gasteiger partial charge in [0, 0.05) is 27.1 Å². The van der Waals surface area contributed by atoms with Gasteiger partial charge in [-0.25, -0.2) is 4.79 Å². The number of anilines is 1. The summed E-state index contributed by atoms with van der Waals surface area (Å²) in [5.41, 5.74) is 3.04. The van der Waals surface area contributed by atoms with Crippen LogP contribution in [0.3, 0.4) is 0 Å². The molecule has 2 aromatic carbocycles. The average Bonchev–Trinajstić information content (AvgIpc) is 3.36. The average molecular weight is 403 g/mol. The molecular weight excluding hydrogens is 386 g/mol. The molecule has 0 fully saturated rings. The second-order valence-electron chi connectivity index (χ2n) is 6.53. The highest BCUT2D eigenvalue weighted by molar-refractivity contribution is 7.16. The van der Waals surface area contributed by atoms with Crippen molar-refractivity contribution in [2.45, 2.75) is 6.42 Å². The smallest absolute Gasteiger partial charge is 0.331 e. The Morgan fingerprint density at radius 3 is 2.72 bits per heavy atom. The largest absolute Gasteiger partial charge is 0.454 e. The van der Waals surface area contributed by atoms with Gasteiger partial charge in [0.1, 0.15) is 0 Å². The molecule has 1 aliphatic rings. The number of esters is 1. The van der Waals surface area contributed by atoms with Crippen molar-refractivity contribution in [1.29, 1.82) is 0 Å². The summed E-state index contributed by atoms with van der Waals surface area (Å²) >= 11 is 1.57. The zero-order valence-corrected chi connectivity index (χ0v) is 16.2. The van der Waals surface area contributed by atoms with E-state index in [-0.39, 0.29) is 24.7 Å². The SMILES string of the molecule is O=C1Cc2cc(C(=O)COC(=O)/C=C/c3ccc(-c4ccccc4)s3)ccc2N1. The molecule has 0 radical (unpaired) electrons. The van der Waals surface area contributed by atoms with Crippen LogP contribution in [-0.2, 0) is 20.7 Å². The molecule has 6 heteroatoms. The van der Waals surface area contributed by atoms with Gasteiger partial charge in [-0.05, 0) is 47.5 Å². The summed E-state index contributed by atoms with van der Waals surface area (Å²) in [6.07, 6.45) is 3.25. The molecule has 3 aromatic rings. The molecule has 0 aliphatic carbocycles. The van der Waals surface area contributed by atoms with E-state index in [1.54, 1.807) is 35.6 Å². The van der Waals surface area contributed by atoms with Gasteiger partial charge in [0.15, 0.2) is 12.4 Å². The van der Waals surface area contributed by atoms with Crippen LogP contribution < -0.4 is 5.32 Å². The summed E-state index contributed by atoms with van der Waals surface area (Å²) < 4.78 is 5.06. The predicted octanol–water partition coefficient (Wildman–Crippen LogP) is 4.35. The van der Waals surface area contributed by atoms with Crippen LogP contribution in [0, 0.1) is 0 Å². The fourth-order valence-electron chi connectivity index (χ4n) is 3.02. The Labute approximate surface area is 171 Å². The van der Waals surface area contributed by atoms with Gasteiger partial charge in [-0.15, -0.1) is 11.3 Å². The number of nitrogens with one attached hydrogen (secondary N) is 1. The highest BCUT2D eigenvalue weighted by atomic mass is 32.1. The van der Waals surface area contributed by atoms with E-state index in [4.69, 9.17) is 4.74 Å². The van der Waals surface area contributed by atoms with Crippen molar-refractivity contribution in [3.8, 4) is 10.4 Å². The lowest BCUT2D eigenvalue weighted by Crippen LogP contribution is -2.12. The standard InChI is InChI=1S/C23H17NO4S/c25-20(16-6-9-19-17(12-16)13-22(26)24-19)14-28-23(27)11-8-18-7-10-21(29-18)15-4-2-1-3-5-15/h1-12H,13-14H2,(H,24,26)/b11-8+. The van der Waals surface area contributed by atoms with Crippen molar-refractivity contribution < 1.29 is 19.1 Å².